The minimum absolute atomic E-state index is 0.0288. The van der Waals surface area contributed by atoms with Crippen LogP contribution < -0.4 is 5.73 Å². The summed E-state index contributed by atoms with van der Waals surface area (Å²) in [6.45, 7) is 2.76. The zero-order chi connectivity index (χ0) is 12.8. The van der Waals surface area contributed by atoms with Crippen molar-refractivity contribution in [3.05, 3.63) is 11.7 Å². The van der Waals surface area contributed by atoms with Crippen molar-refractivity contribution >= 4 is 5.91 Å². The average molecular weight is 250 g/mol. The number of aromatic nitrogens is 2. The highest BCUT2D eigenvalue weighted by atomic mass is 16.5. The third kappa shape index (κ3) is 1.55. The molecular weight excluding hydrogens is 232 g/mol. The van der Waals surface area contributed by atoms with Crippen molar-refractivity contribution in [2.75, 3.05) is 6.54 Å². The molecule has 2 saturated heterocycles. The highest BCUT2D eigenvalue weighted by Gasteiger charge is 2.53. The fourth-order valence-corrected chi connectivity index (χ4v) is 3.05. The molecule has 3 heterocycles. The summed E-state index contributed by atoms with van der Waals surface area (Å²) in [5.41, 5.74) is 5.68. The zero-order valence-corrected chi connectivity index (χ0v) is 10.6. The molecule has 0 saturated carbocycles. The van der Waals surface area contributed by atoms with Crippen LogP contribution in [-0.2, 0) is 16.8 Å². The molecule has 6 heteroatoms. The fraction of sp³-hybridized carbons (Fsp3) is 0.750. The number of nitrogens with two attached hydrogens (primary N) is 1. The number of piperidine rings is 1. The van der Waals surface area contributed by atoms with Gasteiger partial charge in [0.2, 0.25) is 11.8 Å². The van der Waals surface area contributed by atoms with Gasteiger partial charge in [-0.3, -0.25) is 4.79 Å². The van der Waals surface area contributed by atoms with Gasteiger partial charge in [0.1, 0.15) is 5.54 Å². The van der Waals surface area contributed by atoms with Crippen LogP contribution in [0.4, 0.5) is 0 Å². The van der Waals surface area contributed by atoms with Gasteiger partial charge in [0.15, 0.2) is 5.82 Å². The Bertz CT molecular complexity index is 472. The first kappa shape index (κ1) is 11.6. The van der Waals surface area contributed by atoms with Crippen LogP contribution in [0.1, 0.15) is 44.3 Å². The van der Waals surface area contributed by atoms with E-state index in [9.17, 15) is 4.79 Å². The molecule has 0 spiro atoms. The van der Waals surface area contributed by atoms with Crippen molar-refractivity contribution in [2.24, 2.45) is 5.73 Å². The molecule has 0 aromatic carbocycles. The third-order valence-electron chi connectivity index (χ3n) is 4.05. The summed E-state index contributed by atoms with van der Waals surface area (Å²) < 4.78 is 5.14. The third-order valence-corrected chi connectivity index (χ3v) is 4.05. The van der Waals surface area contributed by atoms with Crippen molar-refractivity contribution < 1.29 is 9.32 Å². The average Bonchev–Trinajstić information content (AvgIpc) is 2.96. The SMILES string of the molecule is CCc1nc(C2(N)CC(=O)N3CCCCC32)no1. The quantitative estimate of drug-likeness (QED) is 0.829. The molecule has 3 rings (SSSR count). The predicted octanol–water partition coefficient (Wildman–Crippen LogP) is 0.571. The normalized spacial score (nSPS) is 31.8. The number of fused-ring (bicyclic) bond motifs is 1. The minimum Gasteiger partial charge on any atom is -0.339 e. The van der Waals surface area contributed by atoms with Crippen molar-refractivity contribution in [3.8, 4) is 0 Å². The lowest BCUT2D eigenvalue weighted by molar-refractivity contribution is -0.129. The van der Waals surface area contributed by atoms with Gasteiger partial charge in [-0.05, 0) is 19.3 Å². The first-order valence-corrected chi connectivity index (χ1v) is 6.56. The van der Waals surface area contributed by atoms with Gasteiger partial charge in [0, 0.05) is 13.0 Å². The van der Waals surface area contributed by atoms with E-state index in [2.05, 4.69) is 10.1 Å². The lowest BCUT2D eigenvalue weighted by atomic mass is 9.86. The van der Waals surface area contributed by atoms with Crippen LogP contribution in [0.2, 0.25) is 0 Å². The Morgan fingerprint density at radius 1 is 1.56 bits per heavy atom. The van der Waals surface area contributed by atoms with Crippen LogP contribution in [0.5, 0.6) is 0 Å². The Morgan fingerprint density at radius 3 is 3.11 bits per heavy atom. The summed E-state index contributed by atoms with van der Waals surface area (Å²) in [4.78, 5) is 18.3. The summed E-state index contributed by atoms with van der Waals surface area (Å²) in [7, 11) is 0. The van der Waals surface area contributed by atoms with Crippen LogP contribution in [0.25, 0.3) is 0 Å². The van der Waals surface area contributed by atoms with Gasteiger partial charge in [0.25, 0.3) is 0 Å². The largest absolute Gasteiger partial charge is 0.339 e. The standard InChI is InChI=1S/C12H18N4O2/c1-2-9-14-11(15-18-9)12(13)7-10(17)16-6-4-3-5-8(12)16/h8H,2-7,13H2,1H3. The predicted molar refractivity (Wildman–Crippen MR) is 63.5 cm³/mol. The van der Waals surface area contributed by atoms with E-state index >= 15 is 0 Å². The van der Waals surface area contributed by atoms with E-state index in [1.807, 2.05) is 11.8 Å². The summed E-state index contributed by atoms with van der Waals surface area (Å²) in [6, 6.07) is 0.0288. The molecule has 98 valence electrons. The lowest BCUT2D eigenvalue weighted by Gasteiger charge is -2.36. The molecule has 6 nitrogen and oxygen atoms in total. The molecule has 2 unspecified atom stereocenters. The second-order valence-electron chi connectivity index (χ2n) is 5.18. The minimum atomic E-state index is -0.769. The summed E-state index contributed by atoms with van der Waals surface area (Å²) in [6.07, 6.45) is 4.07. The molecular formula is C12H18N4O2. The maximum absolute atomic E-state index is 12.0. The van der Waals surface area contributed by atoms with Gasteiger partial charge in [-0.1, -0.05) is 12.1 Å². The summed E-state index contributed by atoms with van der Waals surface area (Å²) in [5, 5.41) is 3.98. The number of aryl methyl sites for hydroxylation is 1. The summed E-state index contributed by atoms with van der Waals surface area (Å²) in [5.74, 6) is 1.18. The molecule has 1 amide bonds. The van der Waals surface area contributed by atoms with Crippen LogP contribution in [0.15, 0.2) is 4.52 Å². The Morgan fingerprint density at radius 2 is 2.39 bits per heavy atom. The highest BCUT2D eigenvalue weighted by Crippen LogP contribution is 2.39. The summed E-state index contributed by atoms with van der Waals surface area (Å²) >= 11 is 0. The van der Waals surface area contributed by atoms with E-state index in [0.29, 0.717) is 24.6 Å². The molecule has 2 atom stereocenters. The van der Waals surface area contributed by atoms with Crippen molar-refractivity contribution in [2.45, 2.75) is 50.6 Å². The highest BCUT2D eigenvalue weighted by molar-refractivity contribution is 5.81. The molecule has 1 aromatic heterocycles. The second kappa shape index (κ2) is 4.05. The van der Waals surface area contributed by atoms with Gasteiger partial charge < -0.3 is 15.2 Å². The number of nitrogens with zero attached hydrogens (tertiary/aromatic N) is 3. The number of carbonyl (C=O) groups excluding carboxylic acids is 1. The van der Waals surface area contributed by atoms with E-state index in [4.69, 9.17) is 10.3 Å². The Hall–Kier alpha value is -1.43. The number of hydrogen-bond donors (Lipinski definition) is 1. The second-order valence-corrected chi connectivity index (χ2v) is 5.18. The van der Waals surface area contributed by atoms with Gasteiger partial charge in [0.05, 0.1) is 12.5 Å². The monoisotopic (exact) mass is 250 g/mol. The number of hydrogen-bond acceptors (Lipinski definition) is 5. The topological polar surface area (TPSA) is 85.2 Å². The van der Waals surface area contributed by atoms with E-state index in [-0.39, 0.29) is 11.9 Å². The zero-order valence-electron chi connectivity index (χ0n) is 10.6. The van der Waals surface area contributed by atoms with Crippen LogP contribution in [-0.4, -0.2) is 33.5 Å². The van der Waals surface area contributed by atoms with Gasteiger partial charge in [-0.2, -0.15) is 4.98 Å². The molecule has 2 fully saturated rings. The van der Waals surface area contributed by atoms with Crippen LogP contribution in [0, 0.1) is 0 Å². The molecule has 0 aliphatic carbocycles. The van der Waals surface area contributed by atoms with Gasteiger partial charge >= 0.3 is 0 Å². The van der Waals surface area contributed by atoms with Crippen molar-refractivity contribution in [1.29, 1.82) is 0 Å². The Labute approximate surface area is 106 Å². The van der Waals surface area contributed by atoms with E-state index in [1.54, 1.807) is 0 Å². The maximum atomic E-state index is 12.0. The van der Waals surface area contributed by atoms with Gasteiger partial charge in [-0.25, -0.2) is 0 Å². The first-order chi connectivity index (χ1) is 8.65. The molecule has 2 N–H and O–H groups in total. The molecule has 0 bridgehead atoms. The molecule has 0 radical (unpaired) electrons. The van der Waals surface area contributed by atoms with Crippen molar-refractivity contribution in [3.63, 3.8) is 0 Å². The lowest BCUT2D eigenvalue weighted by Crippen LogP contribution is -2.51. The number of carbonyl (C=O) groups is 1. The number of rotatable bonds is 2. The van der Waals surface area contributed by atoms with E-state index < -0.39 is 5.54 Å². The van der Waals surface area contributed by atoms with Crippen molar-refractivity contribution in [1.82, 2.24) is 15.0 Å². The van der Waals surface area contributed by atoms with Gasteiger partial charge in [-0.15, -0.1) is 0 Å². The van der Waals surface area contributed by atoms with Crippen LogP contribution >= 0.6 is 0 Å². The van der Waals surface area contributed by atoms with E-state index in [1.165, 1.54) is 0 Å². The molecule has 2 aliphatic rings. The Balaban J connectivity index is 1.95. The smallest absolute Gasteiger partial charge is 0.226 e. The maximum Gasteiger partial charge on any atom is 0.226 e. The van der Waals surface area contributed by atoms with Crippen LogP contribution in [0.3, 0.4) is 0 Å². The van der Waals surface area contributed by atoms with E-state index in [0.717, 1.165) is 25.8 Å². The molecule has 18 heavy (non-hydrogen) atoms. The molecule has 1 aromatic rings. The molecule has 2 aliphatic heterocycles. The first-order valence-electron chi connectivity index (χ1n) is 6.56. The number of amides is 1. The fourth-order valence-electron chi connectivity index (χ4n) is 3.05. The Kier molecular flexibility index (Phi) is 2.62.